The Morgan fingerprint density at radius 1 is 1.00 bits per heavy atom. The molecular weight excluding hydrogens is 304 g/mol. The number of aliphatic hydroxyl groups is 1. The Morgan fingerprint density at radius 3 is 2.24 bits per heavy atom. The molecule has 4 atom stereocenters. The molecule has 0 aromatic heterocycles. The molecule has 1 aromatic carbocycles. The Morgan fingerprint density at radius 2 is 1.68 bits per heavy atom. The van der Waals surface area contributed by atoms with E-state index in [2.05, 4.69) is 58.9 Å². The highest BCUT2D eigenvalue weighted by Gasteiger charge is 2.58. The summed E-state index contributed by atoms with van der Waals surface area (Å²) in [5, 5.41) is 10.5. The maximum Gasteiger partial charge on any atom is 0.0579 e. The van der Waals surface area contributed by atoms with Gasteiger partial charge in [0.1, 0.15) is 0 Å². The van der Waals surface area contributed by atoms with Crippen molar-refractivity contribution in [1.82, 2.24) is 0 Å². The molecule has 3 aliphatic carbocycles. The third-order valence-corrected chi connectivity index (χ3v) is 7.64. The first-order valence-electron chi connectivity index (χ1n) is 10.6. The van der Waals surface area contributed by atoms with Gasteiger partial charge >= 0.3 is 0 Å². The Bertz CT molecular complexity index is 568. The second-order valence-corrected chi connectivity index (χ2v) is 10.00. The van der Waals surface area contributed by atoms with Crippen LogP contribution in [0.1, 0.15) is 96.6 Å². The normalized spacial score (nSPS) is 30.8. The Hall–Kier alpha value is -0.820. The first-order valence-corrected chi connectivity index (χ1v) is 10.6. The molecule has 0 aliphatic heterocycles. The van der Waals surface area contributed by atoms with Crippen molar-refractivity contribution in [3.63, 3.8) is 0 Å². The van der Waals surface area contributed by atoms with Gasteiger partial charge in [0, 0.05) is 0 Å². The summed E-state index contributed by atoms with van der Waals surface area (Å²) in [5.41, 5.74) is 3.48. The maximum absolute atomic E-state index is 10.5. The van der Waals surface area contributed by atoms with E-state index < -0.39 is 0 Å². The van der Waals surface area contributed by atoms with Crippen LogP contribution >= 0.6 is 0 Å². The van der Waals surface area contributed by atoms with E-state index in [-0.39, 0.29) is 11.5 Å². The van der Waals surface area contributed by atoms with Gasteiger partial charge in [-0.3, -0.25) is 0 Å². The molecular formula is C24H38O. The highest BCUT2D eigenvalue weighted by molar-refractivity contribution is 5.32. The number of aliphatic hydroxyl groups excluding tert-OH is 1. The van der Waals surface area contributed by atoms with Crippen LogP contribution in [0.2, 0.25) is 0 Å². The molecule has 1 aromatic rings. The van der Waals surface area contributed by atoms with E-state index in [0.717, 1.165) is 12.3 Å². The van der Waals surface area contributed by atoms with E-state index >= 15 is 0 Å². The molecule has 0 saturated heterocycles. The van der Waals surface area contributed by atoms with Crippen molar-refractivity contribution in [3.8, 4) is 0 Å². The lowest BCUT2D eigenvalue weighted by Gasteiger charge is -2.62. The van der Waals surface area contributed by atoms with Crippen molar-refractivity contribution in [1.29, 1.82) is 0 Å². The molecule has 3 aliphatic rings. The van der Waals surface area contributed by atoms with Crippen LogP contribution in [0.25, 0.3) is 0 Å². The monoisotopic (exact) mass is 342 g/mol. The van der Waals surface area contributed by atoms with Crippen LogP contribution in [-0.4, -0.2) is 11.2 Å². The predicted molar refractivity (Wildman–Crippen MR) is 107 cm³/mol. The SMILES string of the molecule is CCCCCCC(C)(C)c1ccc(C2CC(O)[C@H]3C[C@@H]2C3(C)C)cc1. The Kier molecular flexibility index (Phi) is 5.36. The zero-order valence-electron chi connectivity index (χ0n) is 17.0. The summed E-state index contributed by atoms with van der Waals surface area (Å²) in [4.78, 5) is 0. The summed E-state index contributed by atoms with van der Waals surface area (Å²) in [7, 11) is 0. The van der Waals surface area contributed by atoms with E-state index in [1.807, 2.05) is 0 Å². The highest BCUT2D eigenvalue weighted by Crippen LogP contribution is 2.63. The molecule has 2 bridgehead atoms. The van der Waals surface area contributed by atoms with Crippen LogP contribution in [0, 0.1) is 17.3 Å². The van der Waals surface area contributed by atoms with Crippen LogP contribution in [0.3, 0.4) is 0 Å². The summed E-state index contributed by atoms with van der Waals surface area (Å²) >= 11 is 0. The molecule has 0 amide bonds. The summed E-state index contributed by atoms with van der Waals surface area (Å²) in [6.07, 6.45) is 8.68. The number of hydrogen-bond donors (Lipinski definition) is 1. The highest BCUT2D eigenvalue weighted by atomic mass is 16.3. The smallest absolute Gasteiger partial charge is 0.0579 e. The summed E-state index contributed by atoms with van der Waals surface area (Å²) in [5.74, 6) is 1.81. The standard InChI is InChI=1S/C24H38O/c1-6-7-8-9-14-23(2,3)18-12-10-17(11-13-18)19-15-22(25)21-16-20(19)24(21,4)5/h10-13,19-22,25H,6-9,14-16H2,1-5H3/t19?,20-,21+,22?/m0/s1. The van der Waals surface area contributed by atoms with Gasteiger partial charge in [0.2, 0.25) is 0 Å². The fraction of sp³-hybridized carbons (Fsp3) is 0.750. The minimum Gasteiger partial charge on any atom is -0.393 e. The van der Waals surface area contributed by atoms with Gasteiger partial charge in [-0.15, -0.1) is 0 Å². The van der Waals surface area contributed by atoms with Gasteiger partial charge in [-0.05, 0) is 59.0 Å². The topological polar surface area (TPSA) is 20.2 Å². The number of unbranched alkanes of at least 4 members (excludes halogenated alkanes) is 3. The van der Waals surface area contributed by atoms with Crippen molar-refractivity contribution in [2.75, 3.05) is 0 Å². The quantitative estimate of drug-likeness (QED) is 0.565. The van der Waals surface area contributed by atoms with Crippen molar-refractivity contribution in [2.45, 2.75) is 97.0 Å². The van der Waals surface area contributed by atoms with Gasteiger partial charge < -0.3 is 5.11 Å². The molecule has 0 heterocycles. The second kappa shape index (κ2) is 7.06. The van der Waals surface area contributed by atoms with Crippen LogP contribution in [-0.2, 0) is 5.41 Å². The lowest BCUT2D eigenvalue weighted by atomic mass is 9.44. The minimum atomic E-state index is -0.111. The molecule has 0 spiro atoms. The fourth-order valence-electron chi connectivity index (χ4n) is 5.61. The molecule has 2 unspecified atom stereocenters. The average molecular weight is 343 g/mol. The third-order valence-electron chi connectivity index (χ3n) is 7.64. The van der Waals surface area contributed by atoms with Gasteiger partial charge in [-0.2, -0.15) is 0 Å². The van der Waals surface area contributed by atoms with Crippen LogP contribution in [0.4, 0.5) is 0 Å². The zero-order chi connectivity index (χ0) is 18.2. The van der Waals surface area contributed by atoms with E-state index in [1.165, 1.54) is 49.7 Å². The third kappa shape index (κ3) is 3.54. The first kappa shape index (κ1) is 19.0. The van der Waals surface area contributed by atoms with Gasteiger partial charge in [0.05, 0.1) is 6.10 Å². The molecule has 1 heteroatoms. The molecule has 0 radical (unpaired) electrons. The van der Waals surface area contributed by atoms with Crippen molar-refractivity contribution in [2.24, 2.45) is 17.3 Å². The predicted octanol–water partition coefficient (Wildman–Crippen LogP) is 6.45. The van der Waals surface area contributed by atoms with Crippen LogP contribution in [0.15, 0.2) is 24.3 Å². The molecule has 1 N–H and O–H groups in total. The van der Waals surface area contributed by atoms with E-state index in [4.69, 9.17) is 0 Å². The van der Waals surface area contributed by atoms with Crippen molar-refractivity contribution >= 4 is 0 Å². The lowest BCUT2D eigenvalue weighted by molar-refractivity contribution is -0.152. The largest absolute Gasteiger partial charge is 0.393 e. The fourth-order valence-corrected chi connectivity index (χ4v) is 5.61. The molecule has 1 nitrogen and oxygen atoms in total. The van der Waals surface area contributed by atoms with Gasteiger partial charge in [-0.25, -0.2) is 0 Å². The molecule has 25 heavy (non-hydrogen) atoms. The van der Waals surface area contributed by atoms with Crippen molar-refractivity contribution < 1.29 is 5.11 Å². The second-order valence-electron chi connectivity index (χ2n) is 10.00. The van der Waals surface area contributed by atoms with E-state index in [1.54, 1.807) is 0 Å². The van der Waals surface area contributed by atoms with E-state index in [0.29, 0.717) is 17.3 Å². The first-order chi connectivity index (χ1) is 11.8. The number of fused-ring (bicyclic) bond motifs is 2. The molecule has 3 fully saturated rings. The zero-order valence-corrected chi connectivity index (χ0v) is 17.0. The Balaban J connectivity index is 1.68. The van der Waals surface area contributed by atoms with Crippen molar-refractivity contribution in [3.05, 3.63) is 35.4 Å². The molecule has 140 valence electrons. The number of hydrogen-bond acceptors (Lipinski definition) is 1. The molecule has 3 saturated carbocycles. The summed E-state index contributed by atoms with van der Waals surface area (Å²) < 4.78 is 0. The average Bonchev–Trinajstić information content (AvgIpc) is 2.58. The summed E-state index contributed by atoms with van der Waals surface area (Å²) in [6.45, 7) is 11.8. The lowest BCUT2D eigenvalue weighted by Crippen LogP contribution is -2.57. The number of rotatable bonds is 7. The van der Waals surface area contributed by atoms with Crippen LogP contribution in [0.5, 0.6) is 0 Å². The number of benzene rings is 1. The minimum absolute atomic E-state index is 0.111. The van der Waals surface area contributed by atoms with Gasteiger partial charge in [0.15, 0.2) is 0 Å². The van der Waals surface area contributed by atoms with Crippen LogP contribution < -0.4 is 0 Å². The van der Waals surface area contributed by atoms with Gasteiger partial charge in [0.25, 0.3) is 0 Å². The molecule has 4 rings (SSSR count). The van der Waals surface area contributed by atoms with E-state index in [9.17, 15) is 5.11 Å². The maximum atomic E-state index is 10.5. The Labute approximate surface area is 155 Å². The van der Waals surface area contributed by atoms with Gasteiger partial charge in [-0.1, -0.05) is 84.6 Å². The summed E-state index contributed by atoms with van der Waals surface area (Å²) in [6, 6.07) is 9.43.